The zero-order valence-corrected chi connectivity index (χ0v) is 10.8. The van der Waals surface area contributed by atoms with Gasteiger partial charge < -0.3 is 5.11 Å². The predicted molar refractivity (Wildman–Crippen MR) is 63.4 cm³/mol. The van der Waals surface area contributed by atoms with Crippen LogP contribution in [0.15, 0.2) is 23.9 Å². The van der Waals surface area contributed by atoms with Crippen molar-refractivity contribution < 1.29 is 18.3 Å². The quantitative estimate of drug-likeness (QED) is 0.771. The van der Waals surface area contributed by atoms with Crippen LogP contribution >= 0.6 is 0 Å². The lowest BCUT2D eigenvalue weighted by Gasteiger charge is -2.28. The van der Waals surface area contributed by atoms with Crippen LogP contribution in [-0.2, 0) is 15.0 Å². The molecular formula is C10H16N2O4S. The number of nitrogens with zero attached hydrogens (tertiary/aromatic N) is 1. The van der Waals surface area contributed by atoms with E-state index in [1.165, 1.54) is 18.4 Å². The van der Waals surface area contributed by atoms with Crippen molar-refractivity contribution in [2.45, 2.75) is 26.3 Å². The van der Waals surface area contributed by atoms with Gasteiger partial charge in [-0.05, 0) is 32.9 Å². The van der Waals surface area contributed by atoms with Crippen LogP contribution in [0.3, 0.4) is 0 Å². The summed E-state index contributed by atoms with van der Waals surface area (Å²) in [5, 5.41) is 8.81. The van der Waals surface area contributed by atoms with Gasteiger partial charge in [-0.3, -0.25) is 4.31 Å². The number of carboxylic acids is 1. The van der Waals surface area contributed by atoms with Crippen molar-refractivity contribution in [2.24, 2.45) is 0 Å². The molecule has 0 aromatic rings. The minimum atomic E-state index is -3.72. The summed E-state index contributed by atoms with van der Waals surface area (Å²) in [7, 11) is -3.72. The molecule has 0 amide bonds. The molecule has 0 bridgehead atoms. The highest BCUT2D eigenvalue weighted by Crippen LogP contribution is 2.13. The van der Waals surface area contributed by atoms with Gasteiger partial charge in [0.15, 0.2) is 0 Å². The number of hydrogen-bond donors (Lipinski definition) is 2. The van der Waals surface area contributed by atoms with Crippen LogP contribution in [-0.4, -0.2) is 35.9 Å². The lowest BCUT2D eigenvalue weighted by atomic mass is 10.1. The van der Waals surface area contributed by atoms with Crippen LogP contribution in [0.5, 0.6) is 0 Å². The van der Waals surface area contributed by atoms with Gasteiger partial charge in [-0.2, -0.15) is 13.1 Å². The van der Waals surface area contributed by atoms with Gasteiger partial charge >= 0.3 is 16.2 Å². The highest BCUT2D eigenvalue weighted by molar-refractivity contribution is 7.87. The fourth-order valence-electron chi connectivity index (χ4n) is 1.28. The number of carbonyl (C=O) groups is 1. The van der Waals surface area contributed by atoms with E-state index in [-0.39, 0.29) is 12.1 Å². The van der Waals surface area contributed by atoms with E-state index in [2.05, 4.69) is 4.72 Å². The summed E-state index contributed by atoms with van der Waals surface area (Å²) < 4.78 is 27.3. The topological polar surface area (TPSA) is 86.7 Å². The van der Waals surface area contributed by atoms with Crippen molar-refractivity contribution in [3.05, 3.63) is 23.9 Å². The summed E-state index contributed by atoms with van der Waals surface area (Å²) >= 11 is 0. The molecule has 17 heavy (non-hydrogen) atoms. The maximum absolute atomic E-state index is 11.9. The SMILES string of the molecule is CC(C)(C)NS(=O)(=O)N1C=CC=C(C(=O)O)C1. The molecule has 0 unspecified atom stereocenters. The Hall–Kier alpha value is -1.34. The Bertz CT molecular complexity index is 471. The number of aliphatic carboxylic acids is 1. The maximum Gasteiger partial charge on any atom is 0.333 e. The van der Waals surface area contributed by atoms with Gasteiger partial charge in [-0.1, -0.05) is 0 Å². The molecule has 0 saturated heterocycles. The van der Waals surface area contributed by atoms with Crippen molar-refractivity contribution in [1.29, 1.82) is 0 Å². The van der Waals surface area contributed by atoms with Crippen molar-refractivity contribution in [3.8, 4) is 0 Å². The third-order valence-corrected chi connectivity index (χ3v) is 3.63. The maximum atomic E-state index is 11.9. The van der Waals surface area contributed by atoms with Crippen LogP contribution in [0, 0.1) is 0 Å². The smallest absolute Gasteiger partial charge is 0.333 e. The second kappa shape index (κ2) is 4.50. The van der Waals surface area contributed by atoms with E-state index in [0.29, 0.717) is 0 Å². The van der Waals surface area contributed by atoms with Gasteiger partial charge in [0.05, 0.1) is 12.1 Å². The fraction of sp³-hybridized carbons (Fsp3) is 0.500. The first-order chi connectivity index (χ1) is 7.62. The monoisotopic (exact) mass is 260 g/mol. The Labute approximate surface area is 101 Å². The van der Waals surface area contributed by atoms with E-state index in [0.717, 1.165) is 4.31 Å². The van der Waals surface area contributed by atoms with Gasteiger partial charge in [0.25, 0.3) is 0 Å². The molecule has 0 aromatic heterocycles. The molecule has 0 radical (unpaired) electrons. The molecular weight excluding hydrogens is 244 g/mol. The van der Waals surface area contributed by atoms with Crippen molar-refractivity contribution in [1.82, 2.24) is 9.03 Å². The summed E-state index contributed by atoms with van der Waals surface area (Å²) in [5.74, 6) is -1.12. The third kappa shape index (κ3) is 3.86. The molecule has 2 N–H and O–H groups in total. The van der Waals surface area contributed by atoms with Crippen LogP contribution in [0.2, 0.25) is 0 Å². The lowest BCUT2D eigenvalue weighted by Crippen LogP contribution is -2.48. The Morgan fingerprint density at radius 2 is 2.06 bits per heavy atom. The molecule has 96 valence electrons. The molecule has 1 heterocycles. The van der Waals surface area contributed by atoms with Gasteiger partial charge in [-0.15, -0.1) is 0 Å². The first-order valence-electron chi connectivity index (χ1n) is 5.03. The molecule has 0 spiro atoms. The second-order valence-electron chi connectivity index (χ2n) is 4.74. The van der Waals surface area contributed by atoms with E-state index >= 15 is 0 Å². The normalized spacial score (nSPS) is 16.9. The summed E-state index contributed by atoms with van der Waals surface area (Å²) in [5.41, 5.74) is -0.580. The van der Waals surface area contributed by atoms with Gasteiger partial charge in [0, 0.05) is 11.7 Å². The van der Waals surface area contributed by atoms with Crippen molar-refractivity contribution in [3.63, 3.8) is 0 Å². The summed E-state index contributed by atoms with van der Waals surface area (Å²) in [6, 6.07) is 0. The molecule has 0 aliphatic carbocycles. The van der Waals surface area contributed by atoms with Crippen LogP contribution in [0.4, 0.5) is 0 Å². The minimum absolute atomic E-state index is 0.0341. The second-order valence-corrected chi connectivity index (χ2v) is 6.36. The number of carboxylic acid groups (broad SMARTS) is 1. The molecule has 1 aliphatic heterocycles. The van der Waals surface area contributed by atoms with Crippen molar-refractivity contribution >= 4 is 16.2 Å². The average Bonchev–Trinajstić information content (AvgIpc) is 2.14. The van der Waals surface area contributed by atoms with E-state index in [1.807, 2.05) is 0 Å². The van der Waals surface area contributed by atoms with Crippen LogP contribution < -0.4 is 4.72 Å². The number of rotatable bonds is 3. The van der Waals surface area contributed by atoms with E-state index in [4.69, 9.17) is 5.11 Å². The Morgan fingerprint density at radius 3 is 2.53 bits per heavy atom. The Balaban J connectivity index is 2.87. The fourth-order valence-corrected chi connectivity index (χ4v) is 2.71. The Kier molecular flexibility index (Phi) is 3.63. The Morgan fingerprint density at radius 1 is 1.47 bits per heavy atom. The zero-order valence-electron chi connectivity index (χ0n) is 9.97. The first kappa shape index (κ1) is 13.7. The molecule has 7 heteroatoms. The molecule has 0 fully saturated rings. The first-order valence-corrected chi connectivity index (χ1v) is 6.47. The zero-order chi connectivity index (χ0) is 13.3. The summed E-state index contributed by atoms with van der Waals surface area (Å²) in [6.45, 7) is 4.97. The number of allylic oxidation sites excluding steroid dienone is 2. The van der Waals surface area contributed by atoms with E-state index < -0.39 is 21.7 Å². The number of hydrogen-bond acceptors (Lipinski definition) is 3. The lowest BCUT2D eigenvalue weighted by molar-refractivity contribution is -0.132. The van der Waals surface area contributed by atoms with E-state index in [9.17, 15) is 13.2 Å². The predicted octanol–water partition coefficient (Wildman–Crippen LogP) is 0.460. The van der Waals surface area contributed by atoms with Crippen LogP contribution in [0.25, 0.3) is 0 Å². The van der Waals surface area contributed by atoms with E-state index in [1.54, 1.807) is 20.8 Å². The largest absolute Gasteiger partial charge is 0.478 e. The molecule has 0 atom stereocenters. The van der Waals surface area contributed by atoms with Crippen molar-refractivity contribution in [2.75, 3.05) is 6.54 Å². The van der Waals surface area contributed by atoms with Gasteiger partial charge in [0.2, 0.25) is 0 Å². The molecule has 0 aromatic carbocycles. The highest BCUT2D eigenvalue weighted by Gasteiger charge is 2.27. The van der Waals surface area contributed by atoms with Gasteiger partial charge in [0.1, 0.15) is 0 Å². The highest BCUT2D eigenvalue weighted by atomic mass is 32.2. The molecule has 1 aliphatic rings. The minimum Gasteiger partial charge on any atom is -0.478 e. The molecule has 1 rings (SSSR count). The standard InChI is InChI=1S/C10H16N2O4S/c1-10(2,3)11-17(15,16)12-6-4-5-8(7-12)9(13)14/h4-6,11H,7H2,1-3H3,(H,13,14). The molecule has 0 saturated carbocycles. The summed E-state index contributed by atoms with van der Waals surface area (Å²) in [6.07, 6.45) is 4.11. The number of nitrogens with one attached hydrogen (secondary N) is 1. The van der Waals surface area contributed by atoms with Gasteiger partial charge in [-0.25, -0.2) is 4.79 Å². The average molecular weight is 260 g/mol. The summed E-state index contributed by atoms with van der Waals surface area (Å²) in [4.78, 5) is 10.8. The third-order valence-electron chi connectivity index (χ3n) is 1.89. The molecule has 6 nitrogen and oxygen atoms in total. The van der Waals surface area contributed by atoms with Crippen LogP contribution in [0.1, 0.15) is 20.8 Å².